The number of thiophene rings is 1. The Morgan fingerprint density at radius 1 is 1.33 bits per heavy atom. The number of ketones is 1. The van der Waals surface area contributed by atoms with Crippen molar-refractivity contribution < 1.29 is 4.79 Å². The summed E-state index contributed by atoms with van der Waals surface area (Å²) in [7, 11) is 0. The third kappa shape index (κ3) is 2.75. The molecule has 0 aliphatic carbocycles. The van der Waals surface area contributed by atoms with Gasteiger partial charge in [0.05, 0.1) is 16.5 Å². The minimum Gasteiger partial charge on any atom is -0.306 e. The van der Waals surface area contributed by atoms with Crippen LogP contribution in [0.5, 0.6) is 0 Å². The van der Waals surface area contributed by atoms with Gasteiger partial charge in [-0.1, -0.05) is 35.9 Å². The van der Waals surface area contributed by atoms with Gasteiger partial charge in [-0.15, -0.1) is 11.3 Å². The molecule has 1 aliphatic rings. The first-order chi connectivity index (χ1) is 11.7. The van der Waals surface area contributed by atoms with E-state index in [-0.39, 0.29) is 17.0 Å². The molecular weight excluding hydrogens is 342 g/mol. The number of rotatable bonds is 3. The molecule has 0 amide bonds. The third-order valence-electron chi connectivity index (χ3n) is 4.19. The topological polar surface area (TPSA) is 54.9 Å². The normalized spacial score (nSPS) is 16.6. The van der Waals surface area contributed by atoms with Crippen molar-refractivity contribution in [3.63, 3.8) is 0 Å². The molecule has 0 saturated carbocycles. The molecule has 1 aromatic carbocycles. The Morgan fingerprint density at radius 2 is 2.21 bits per heavy atom. The zero-order valence-electron chi connectivity index (χ0n) is 12.7. The zero-order valence-corrected chi connectivity index (χ0v) is 14.3. The van der Waals surface area contributed by atoms with Crippen molar-refractivity contribution >= 4 is 28.7 Å². The molecule has 1 aliphatic heterocycles. The van der Waals surface area contributed by atoms with Gasteiger partial charge in [0.1, 0.15) is 11.5 Å². The first-order valence-corrected chi connectivity index (χ1v) is 8.89. The van der Waals surface area contributed by atoms with Crippen LogP contribution in [0.4, 0.5) is 0 Å². The van der Waals surface area contributed by atoms with E-state index in [0.717, 1.165) is 18.5 Å². The summed E-state index contributed by atoms with van der Waals surface area (Å²) in [6, 6.07) is 10.5. The lowest BCUT2D eigenvalue weighted by Crippen LogP contribution is -2.30. The van der Waals surface area contributed by atoms with Crippen molar-refractivity contribution in [3.8, 4) is 0 Å². The standard InChI is InChI=1S/C18H14ClN3OS/c19-18-14(8-20-10-22-18)17(23)15-7-12(9-24-15)16-13-4-2-1-3-11(13)5-6-21-16/h1-4,7-10,16,21H,5-6H2. The molecule has 120 valence electrons. The summed E-state index contributed by atoms with van der Waals surface area (Å²) in [4.78, 5) is 21.1. The van der Waals surface area contributed by atoms with Crippen molar-refractivity contribution in [3.05, 3.63) is 80.5 Å². The van der Waals surface area contributed by atoms with Crippen LogP contribution in [0, 0.1) is 0 Å². The molecule has 6 heteroatoms. The summed E-state index contributed by atoms with van der Waals surface area (Å²) >= 11 is 7.44. The van der Waals surface area contributed by atoms with Crippen LogP contribution >= 0.6 is 22.9 Å². The van der Waals surface area contributed by atoms with Crippen LogP contribution in [-0.2, 0) is 6.42 Å². The number of hydrogen-bond acceptors (Lipinski definition) is 5. The van der Waals surface area contributed by atoms with Gasteiger partial charge in [-0.2, -0.15) is 0 Å². The van der Waals surface area contributed by atoms with E-state index in [0.29, 0.717) is 10.4 Å². The molecule has 24 heavy (non-hydrogen) atoms. The first-order valence-electron chi connectivity index (χ1n) is 7.64. The van der Waals surface area contributed by atoms with E-state index in [1.165, 1.54) is 35.0 Å². The molecule has 2 aromatic heterocycles. The Hall–Kier alpha value is -2.08. The maximum atomic E-state index is 12.6. The quantitative estimate of drug-likeness (QED) is 0.575. The lowest BCUT2D eigenvalue weighted by Gasteiger charge is -2.26. The van der Waals surface area contributed by atoms with Crippen molar-refractivity contribution in [2.45, 2.75) is 12.5 Å². The van der Waals surface area contributed by atoms with Crippen molar-refractivity contribution in [1.82, 2.24) is 15.3 Å². The monoisotopic (exact) mass is 355 g/mol. The fourth-order valence-corrected chi connectivity index (χ4v) is 4.09. The average molecular weight is 356 g/mol. The molecule has 0 bridgehead atoms. The second kappa shape index (κ2) is 6.43. The van der Waals surface area contributed by atoms with Crippen LogP contribution in [0.15, 0.2) is 48.2 Å². The number of fused-ring (bicyclic) bond motifs is 1. The highest BCUT2D eigenvalue weighted by molar-refractivity contribution is 7.12. The Kier molecular flexibility index (Phi) is 4.14. The molecular formula is C18H14ClN3OS. The van der Waals surface area contributed by atoms with E-state index in [9.17, 15) is 4.79 Å². The Bertz CT molecular complexity index is 909. The summed E-state index contributed by atoms with van der Waals surface area (Å²) < 4.78 is 0. The number of benzene rings is 1. The number of nitrogens with zero attached hydrogens (tertiary/aromatic N) is 2. The van der Waals surface area contributed by atoms with Gasteiger partial charge in [-0.05, 0) is 34.6 Å². The number of nitrogens with one attached hydrogen (secondary N) is 1. The van der Waals surface area contributed by atoms with E-state index in [2.05, 4.69) is 39.6 Å². The molecule has 4 nitrogen and oxygen atoms in total. The smallest absolute Gasteiger partial charge is 0.207 e. The van der Waals surface area contributed by atoms with Gasteiger partial charge in [-0.3, -0.25) is 4.79 Å². The van der Waals surface area contributed by atoms with Crippen molar-refractivity contribution in [1.29, 1.82) is 0 Å². The van der Waals surface area contributed by atoms with Gasteiger partial charge in [0.25, 0.3) is 0 Å². The van der Waals surface area contributed by atoms with Crippen LogP contribution in [0.25, 0.3) is 0 Å². The molecule has 1 atom stereocenters. The van der Waals surface area contributed by atoms with E-state index in [1.807, 2.05) is 11.4 Å². The lowest BCUT2D eigenvalue weighted by molar-refractivity contribution is 0.104. The lowest BCUT2D eigenvalue weighted by atomic mass is 9.91. The number of halogens is 1. The highest BCUT2D eigenvalue weighted by Crippen LogP contribution is 2.32. The van der Waals surface area contributed by atoms with Gasteiger partial charge < -0.3 is 5.32 Å². The van der Waals surface area contributed by atoms with E-state index >= 15 is 0 Å². The molecule has 1 unspecified atom stereocenters. The second-order valence-corrected chi connectivity index (χ2v) is 6.91. The molecule has 0 spiro atoms. The summed E-state index contributed by atoms with van der Waals surface area (Å²) in [5.41, 5.74) is 4.08. The van der Waals surface area contributed by atoms with Crippen molar-refractivity contribution in [2.24, 2.45) is 0 Å². The molecule has 0 fully saturated rings. The molecule has 1 N–H and O–H groups in total. The number of carbonyl (C=O) groups is 1. The fraction of sp³-hybridized carbons (Fsp3) is 0.167. The van der Waals surface area contributed by atoms with Crippen LogP contribution in [0.3, 0.4) is 0 Å². The predicted octanol–water partition coefficient (Wildman–Crippen LogP) is 3.66. The van der Waals surface area contributed by atoms with Crippen LogP contribution < -0.4 is 5.32 Å². The highest BCUT2D eigenvalue weighted by atomic mass is 35.5. The number of carbonyl (C=O) groups excluding carboxylic acids is 1. The van der Waals surface area contributed by atoms with Crippen molar-refractivity contribution in [2.75, 3.05) is 6.54 Å². The average Bonchev–Trinajstić information content (AvgIpc) is 3.11. The minimum absolute atomic E-state index is 0.121. The minimum atomic E-state index is -0.138. The molecule has 0 saturated heterocycles. The molecule has 3 aromatic rings. The van der Waals surface area contributed by atoms with Gasteiger partial charge >= 0.3 is 0 Å². The molecule has 4 rings (SSSR count). The zero-order chi connectivity index (χ0) is 16.5. The van der Waals surface area contributed by atoms with E-state index in [4.69, 9.17) is 11.6 Å². The highest BCUT2D eigenvalue weighted by Gasteiger charge is 2.23. The third-order valence-corrected chi connectivity index (χ3v) is 5.44. The van der Waals surface area contributed by atoms with Gasteiger partial charge in [0.15, 0.2) is 0 Å². The summed E-state index contributed by atoms with van der Waals surface area (Å²) in [5, 5.41) is 5.76. The Balaban J connectivity index is 1.67. The fourth-order valence-electron chi connectivity index (χ4n) is 3.02. The van der Waals surface area contributed by atoms with Gasteiger partial charge in [-0.25, -0.2) is 9.97 Å². The molecule has 3 heterocycles. The van der Waals surface area contributed by atoms with Gasteiger partial charge in [0.2, 0.25) is 5.78 Å². The van der Waals surface area contributed by atoms with Gasteiger partial charge in [0, 0.05) is 12.7 Å². The van der Waals surface area contributed by atoms with Crippen LogP contribution in [0.1, 0.15) is 38.0 Å². The SMILES string of the molecule is O=C(c1cc(C2NCCc3ccccc32)cs1)c1cncnc1Cl. The maximum Gasteiger partial charge on any atom is 0.207 e. The number of aromatic nitrogens is 2. The first kappa shape index (κ1) is 15.4. The molecule has 0 radical (unpaired) electrons. The second-order valence-electron chi connectivity index (χ2n) is 5.64. The summed E-state index contributed by atoms with van der Waals surface area (Å²) in [5.74, 6) is -0.138. The summed E-state index contributed by atoms with van der Waals surface area (Å²) in [6.45, 7) is 0.930. The summed E-state index contributed by atoms with van der Waals surface area (Å²) in [6.07, 6.45) is 3.83. The largest absolute Gasteiger partial charge is 0.306 e. The Morgan fingerprint density at radius 3 is 3.08 bits per heavy atom. The predicted molar refractivity (Wildman–Crippen MR) is 94.8 cm³/mol. The van der Waals surface area contributed by atoms with Crippen LogP contribution in [0.2, 0.25) is 5.15 Å². The van der Waals surface area contributed by atoms with Crippen LogP contribution in [-0.4, -0.2) is 22.3 Å². The number of hydrogen-bond donors (Lipinski definition) is 1. The van der Waals surface area contributed by atoms with E-state index in [1.54, 1.807) is 0 Å². The Labute approximate surface area is 148 Å². The maximum absolute atomic E-state index is 12.6. The van der Waals surface area contributed by atoms with E-state index < -0.39 is 0 Å².